The normalized spacial score (nSPS) is 29.5. The van der Waals surface area contributed by atoms with Crippen molar-refractivity contribution in [2.45, 2.75) is 25.0 Å². The number of ether oxygens (including phenoxy) is 1. The minimum atomic E-state index is -0.758. The Balaban J connectivity index is 1.74. The van der Waals surface area contributed by atoms with E-state index in [1.807, 2.05) is 24.3 Å². The quantitative estimate of drug-likeness (QED) is 0.838. The van der Waals surface area contributed by atoms with Crippen LogP contribution in [0, 0.1) is 11.8 Å². The molecule has 3 aliphatic heterocycles. The third-order valence-electron chi connectivity index (χ3n) is 5.91. The Morgan fingerprint density at radius 1 is 1.44 bits per heavy atom. The van der Waals surface area contributed by atoms with E-state index in [1.165, 1.54) is 6.20 Å². The Morgan fingerprint density at radius 3 is 2.96 bits per heavy atom. The summed E-state index contributed by atoms with van der Waals surface area (Å²) < 4.78 is 5.31. The number of fused-ring (bicyclic) bond motifs is 4. The van der Waals surface area contributed by atoms with Crippen LogP contribution in [-0.2, 0) is 0 Å². The molecule has 5 nitrogen and oxygen atoms in total. The molecule has 2 bridgehead atoms. The second kappa shape index (κ2) is 6.32. The number of hydrogen-bond donors (Lipinski definition) is 2. The number of pyridine rings is 1. The fraction of sp³-hybridized carbons (Fsp3) is 0.450. The molecule has 3 fully saturated rings. The third-order valence-corrected chi connectivity index (χ3v) is 5.91. The summed E-state index contributed by atoms with van der Waals surface area (Å²) in [5.74, 6) is 1.79. The van der Waals surface area contributed by atoms with Crippen molar-refractivity contribution in [1.82, 2.24) is 9.88 Å². The summed E-state index contributed by atoms with van der Waals surface area (Å²) in [6, 6.07) is 5.54. The van der Waals surface area contributed by atoms with Gasteiger partial charge in [-0.3, -0.25) is 9.88 Å². The zero-order valence-corrected chi connectivity index (χ0v) is 14.4. The molecule has 2 N–H and O–H groups in total. The zero-order valence-electron chi connectivity index (χ0n) is 14.4. The summed E-state index contributed by atoms with van der Waals surface area (Å²) in [6.45, 7) is 5.88. The number of methoxy groups -OCH3 is 1. The van der Waals surface area contributed by atoms with Crippen LogP contribution in [0.4, 0.5) is 0 Å². The SMILES string of the molecule is C=C[C@H]1CN2CC[C@H]1C[C@@H]2[C@@H](O)c1c(O)cnc2ccc(OC)cc12. The first kappa shape index (κ1) is 16.4. The highest BCUT2D eigenvalue weighted by atomic mass is 16.5. The highest BCUT2D eigenvalue weighted by molar-refractivity contribution is 5.85. The molecule has 0 amide bonds. The fourth-order valence-electron chi connectivity index (χ4n) is 4.52. The Morgan fingerprint density at radius 2 is 2.28 bits per heavy atom. The van der Waals surface area contributed by atoms with Gasteiger partial charge in [-0.25, -0.2) is 0 Å². The van der Waals surface area contributed by atoms with Crippen LogP contribution in [0.3, 0.4) is 0 Å². The molecule has 1 aromatic heterocycles. The van der Waals surface area contributed by atoms with E-state index in [4.69, 9.17) is 4.74 Å². The van der Waals surface area contributed by atoms with Crippen molar-refractivity contribution in [3.63, 3.8) is 0 Å². The minimum absolute atomic E-state index is 0.0117. The molecule has 3 saturated heterocycles. The van der Waals surface area contributed by atoms with Crippen LogP contribution in [0.15, 0.2) is 37.1 Å². The Kier molecular flexibility index (Phi) is 4.13. The Bertz CT molecular complexity index is 807. The molecule has 3 aliphatic rings. The monoisotopic (exact) mass is 340 g/mol. The maximum absolute atomic E-state index is 11.2. The number of aliphatic hydroxyl groups excluding tert-OH is 1. The van der Waals surface area contributed by atoms with Gasteiger partial charge in [-0.2, -0.15) is 0 Å². The van der Waals surface area contributed by atoms with Crippen LogP contribution in [0.1, 0.15) is 24.5 Å². The van der Waals surface area contributed by atoms with E-state index >= 15 is 0 Å². The molecule has 0 saturated carbocycles. The smallest absolute Gasteiger partial charge is 0.140 e. The van der Waals surface area contributed by atoms with Crippen molar-refractivity contribution in [2.24, 2.45) is 11.8 Å². The number of nitrogens with zero attached hydrogens (tertiary/aromatic N) is 2. The molecule has 0 radical (unpaired) electrons. The van der Waals surface area contributed by atoms with Gasteiger partial charge in [-0.1, -0.05) is 6.08 Å². The van der Waals surface area contributed by atoms with Crippen LogP contribution in [0.2, 0.25) is 0 Å². The molecular formula is C20H24N2O3. The van der Waals surface area contributed by atoms with Gasteiger partial charge in [0.25, 0.3) is 0 Å². The summed E-state index contributed by atoms with van der Waals surface area (Å²) in [6.07, 6.45) is 4.79. The number of aliphatic hydroxyl groups is 1. The summed E-state index contributed by atoms with van der Waals surface area (Å²) in [7, 11) is 1.61. The van der Waals surface area contributed by atoms with Crippen molar-refractivity contribution in [2.75, 3.05) is 20.2 Å². The van der Waals surface area contributed by atoms with Crippen molar-refractivity contribution >= 4 is 10.9 Å². The van der Waals surface area contributed by atoms with Gasteiger partial charge < -0.3 is 14.9 Å². The predicted octanol–water partition coefficient (Wildman–Crippen LogP) is 2.88. The number of piperidine rings is 3. The van der Waals surface area contributed by atoms with Gasteiger partial charge in [0.15, 0.2) is 0 Å². The lowest BCUT2D eigenvalue weighted by Gasteiger charge is -2.50. The van der Waals surface area contributed by atoms with E-state index in [-0.39, 0.29) is 11.8 Å². The number of hydrogen-bond acceptors (Lipinski definition) is 5. The molecule has 25 heavy (non-hydrogen) atoms. The first-order valence-corrected chi connectivity index (χ1v) is 8.82. The van der Waals surface area contributed by atoms with Gasteiger partial charge >= 0.3 is 0 Å². The van der Waals surface area contributed by atoms with E-state index < -0.39 is 6.10 Å². The lowest BCUT2D eigenvalue weighted by atomic mass is 9.73. The van der Waals surface area contributed by atoms with Crippen LogP contribution < -0.4 is 4.74 Å². The van der Waals surface area contributed by atoms with Crippen LogP contribution in [0.5, 0.6) is 11.5 Å². The maximum atomic E-state index is 11.2. The lowest BCUT2D eigenvalue weighted by Crippen LogP contribution is -2.54. The fourth-order valence-corrected chi connectivity index (χ4v) is 4.52. The second-order valence-corrected chi connectivity index (χ2v) is 7.13. The van der Waals surface area contributed by atoms with Crippen LogP contribution in [-0.4, -0.2) is 46.3 Å². The standard InChI is InChI=1S/C20H24N2O3/c1-3-12-11-22-7-6-13(12)8-17(22)20(24)19-15-9-14(25-2)4-5-16(15)21-10-18(19)23/h3-5,9-10,12-13,17,20,23-24H,1,6-8,11H2,2H3/t12-,13-,17+,20+/m0/s1. The maximum Gasteiger partial charge on any atom is 0.140 e. The molecule has 5 rings (SSSR count). The predicted molar refractivity (Wildman–Crippen MR) is 96.7 cm³/mol. The highest BCUT2D eigenvalue weighted by Crippen LogP contribution is 2.44. The number of benzene rings is 1. The van der Waals surface area contributed by atoms with Gasteiger partial charge in [-0.15, -0.1) is 6.58 Å². The number of rotatable bonds is 4. The molecule has 0 spiro atoms. The molecular weight excluding hydrogens is 316 g/mol. The van der Waals surface area contributed by atoms with Crippen molar-refractivity contribution in [3.8, 4) is 11.5 Å². The van der Waals surface area contributed by atoms with Gasteiger partial charge in [0, 0.05) is 23.5 Å². The van der Waals surface area contributed by atoms with E-state index in [9.17, 15) is 10.2 Å². The lowest BCUT2D eigenvalue weighted by molar-refractivity contribution is -0.0450. The highest BCUT2D eigenvalue weighted by Gasteiger charge is 2.42. The summed E-state index contributed by atoms with van der Waals surface area (Å²) >= 11 is 0. The van der Waals surface area contributed by atoms with Crippen molar-refractivity contribution < 1.29 is 14.9 Å². The Labute approximate surface area is 147 Å². The minimum Gasteiger partial charge on any atom is -0.506 e. The molecule has 5 heteroatoms. The van der Waals surface area contributed by atoms with Gasteiger partial charge in [0.2, 0.25) is 0 Å². The summed E-state index contributed by atoms with van der Waals surface area (Å²) in [5.41, 5.74) is 1.30. The third kappa shape index (κ3) is 2.68. The Hall–Kier alpha value is -2.11. The molecule has 1 aromatic carbocycles. The first-order chi connectivity index (χ1) is 12.1. The average Bonchev–Trinajstić information content (AvgIpc) is 2.67. The number of aromatic nitrogens is 1. The molecule has 0 aliphatic carbocycles. The molecule has 1 unspecified atom stereocenters. The second-order valence-electron chi connectivity index (χ2n) is 7.13. The van der Waals surface area contributed by atoms with Crippen LogP contribution in [0.25, 0.3) is 10.9 Å². The van der Waals surface area contributed by atoms with E-state index in [0.29, 0.717) is 23.1 Å². The molecule has 132 valence electrons. The number of aromatic hydroxyl groups is 1. The van der Waals surface area contributed by atoms with E-state index in [0.717, 1.165) is 36.8 Å². The van der Waals surface area contributed by atoms with Crippen LogP contribution >= 0.6 is 0 Å². The molecule has 4 heterocycles. The zero-order chi connectivity index (χ0) is 17.6. The summed E-state index contributed by atoms with van der Waals surface area (Å²) in [4.78, 5) is 6.61. The van der Waals surface area contributed by atoms with Gasteiger partial charge in [0.05, 0.1) is 24.9 Å². The average molecular weight is 340 g/mol. The first-order valence-electron chi connectivity index (χ1n) is 8.82. The molecule has 2 aromatic rings. The summed E-state index contributed by atoms with van der Waals surface area (Å²) in [5, 5.41) is 22.4. The largest absolute Gasteiger partial charge is 0.506 e. The van der Waals surface area contributed by atoms with Crippen molar-refractivity contribution in [1.29, 1.82) is 0 Å². The van der Waals surface area contributed by atoms with Gasteiger partial charge in [0.1, 0.15) is 11.5 Å². The van der Waals surface area contributed by atoms with Gasteiger partial charge in [-0.05, 0) is 49.4 Å². The topological polar surface area (TPSA) is 65.8 Å². The van der Waals surface area contributed by atoms with E-state index in [2.05, 4.69) is 16.5 Å². The molecule has 5 atom stereocenters. The van der Waals surface area contributed by atoms with E-state index in [1.54, 1.807) is 7.11 Å². The van der Waals surface area contributed by atoms with Crippen molar-refractivity contribution in [3.05, 3.63) is 42.6 Å².